The molecule has 1 saturated carbocycles. The van der Waals surface area contributed by atoms with Crippen molar-refractivity contribution in [3.05, 3.63) is 59.9 Å². The third kappa shape index (κ3) is 5.65. The largest absolute Gasteiger partial charge is 0.391 e. The summed E-state index contributed by atoms with van der Waals surface area (Å²) in [6.07, 6.45) is 3.80. The second-order valence-electron chi connectivity index (χ2n) is 10.4. The summed E-state index contributed by atoms with van der Waals surface area (Å²) in [6.45, 7) is 1.66. The molecule has 5 atom stereocenters. The Hall–Kier alpha value is -2.32. The van der Waals surface area contributed by atoms with Crippen molar-refractivity contribution in [2.24, 2.45) is 17.6 Å². The van der Waals surface area contributed by atoms with E-state index in [1.807, 2.05) is 29.2 Å². The number of aliphatic hydroxyl groups is 2. The monoisotopic (exact) mass is 498 g/mol. The van der Waals surface area contributed by atoms with Crippen molar-refractivity contribution in [2.45, 2.75) is 62.7 Å². The molecule has 0 bridgehead atoms. The number of hydrogen-bond acceptors (Lipinski definition) is 5. The molecule has 4 N–H and O–H groups in total. The average molecular weight is 499 g/mol. The van der Waals surface area contributed by atoms with E-state index in [1.165, 1.54) is 6.07 Å². The van der Waals surface area contributed by atoms with Gasteiger partial charge in [-0.15, -0.1) is 0 Å². The number of halogens is 1. The molecule has 1 aliphatic heterocycles. The second kappa shape index (κ2) is 11.8. The molecule has 1 aliphatic carbocycles. The third-order valence-electron chi connectivity index (χ3n) is 8.05. The van der Waals surface area contributed by atoms with Crippen LogP contribution in [0.3, 0.4) is 0 Å². The Labute approximate surface area is 213 Å². The maximum atomic E-state index is 14.9. The lowest BCUT2D eigenvalue weighted by Gasteiger charge is -2.44. The lowest BCUT2D eigenvalue weighted by atomic mass is 9.72. The van der Waals surface area contributed by atoms with Gasteiger partial charge in [-0.05, 0) is 62.1 Å². The highest BCUT2D eigenvalue weighted by Gasteiger charge is 2.44. The van der Waals surface area contributed by atoms with E-state index in [2.05, 4.69) is 0 Å². The average Bonchev–Trinajstić information content (AvgIpc) is 3.24. The number of aliphatic hydroxyl groups excluding tert-OH is 1. The summed E-state index contributed by atoms with van der Waals surface area (Å²) in [5.74, 6) is -0.806. The summed E-state index contributed by atoms with van der Waals surface area (Å²) >= 11 is 0. The highest BCUT2D eigenvalue weighted by atomic mass is 19.1. The zero-order valence-corrected chi connectivity index (χ0v) is 21.1. The quantitative estimate of drug-likeness (QED) is 0.457. The first kappa shape index (κ1) is 26.7. The fourth-order valence-corrected chi connectivity index (χ4v) is 6.05. The van der Waals surface area contributed by atoms with Gasteiger partial charge in [0.15, 0.2) is 0 Å². The van der Waals surface area contributed by atoms with Crippen LogP contribution in [0.15, 0.2) is 48.5 Å². The first-order valence-corrected chi connectivity index (χ1v) is 13.1. The Morgan fingerprint density at radius 2 is 1.86 bits per heavy atom. The van der Waals surface area contributed by atoms with Gasteiger partial charge in [0.1, 0.15) is 5.82 Å². The van der Waals surface area contributed by atoms with Crippen LogP contribution in [0.4, 0.5) is 4.39 Å². The van der Waals surface area contributed by atoms with Gasteiger partial charge in [0.2, 0.25) is 5.91 Å². The number of likely N-dealkylation sites (tertiary alicyclic amines) is 1. The minimum Gasteiger partial charge on any atom is -0.391 e. The lowest BCUT2D eigenvalue weighted by molar-refractivity contribution is -0.141. The molecule has 4 rings (SSSR count). The van der Waals surface area contributed by atoms with Crippen molar-refractivity contribution in [2.75, 3.05) is 26.8 Å². The van der Waals surface area contributed by atoms with Gasteiger partial charge in [-0.2, -0.15) is 0 Å². The van der Waals surface area contributed by atoms with Gasteiger partial charge in [0.25, 0.3) is 0 Å². The third-order valence-corrected chi connectivity index (χ3v) is 8.05. The Balaban J connectivity index is 1.65. The van der Waals surface area contributed by atoms with Crippen LogP contribution < -0.4 is 5.73 Å². The van der Waals surface area contributed by atoms with Crippen molar-refractivity contribution >= 4 is 5.91 Å². The van der Waals surface area contributed by atoms with E-state index in [1.54, 1.807) is 25.3 Å². The summed E-state index contributed by atoms with van der Waals surface area (Å²) in [5.41, 5.74) is 6.57. The summed E-state index contributed by atoms with van der Waals surface area (Å²) < 4.78 is 20.1. The summed E-state index contributed by atoms with van der Waals surface area (Å²) in [6, 6.07) is 13.8. The van der Waals surface area contributed by atoms with Gasteiger partial charge in [0.05, 0.1) is 11.7 Å². The van der Waals surface area contributed by atoms with Crippen LogP contribution in [0.25, 0.3) is 11.1 Å². The summed E-state index contributed by atoms with van der Waals surface area (Å²) in [4.78, 5) is 15.2. The highest BCUT2D eigenvalue weighted by Crippen LogP contribution is 2.44. The number of hydrogen-bond donors (Lipinski definition) is 3. The first-order valence-electron chi connectivity index (χ1n) is 13.1. The van der Waals surface area contributed by atoms with E-state index >= 15 is 0 Å². The van der Waals surface area contributed by atoms with Crippen LogP contribution in [-0.4, -0.2) is 60.0 Å². The first-order chi connectivity index (χ1) is 17.3. The minimum absolute atomic E-state index is 0.0100. The van der Waals surface area contributed by atoms with E-state index in [-0.39, 0.29) is 29.6 Å². The SMILES string of the molecule is COCCCCC(O)(c1ccccc1-c1ccccc1F)C1CCCN(C(=O)C2CC(N)C(O)C2)C1. The molecule has 2 aromatic rings. The number of nitrogens with zero attached hydrogens (tertiary/aromatic N) is 1. The Bertz CT molecular complexity index is 1020. The molecule has 2 aliphatic rings. The number of rotatable bonds is 9. The van der Waals surface area contributed by atoms with Crippen molar-refractivity contribution in [3.63, 3.8) is 0 Å². The standard InChI is InChI=1S/C29H39FN2O4/c1-36-16-7-6-14-29(35,24-12-4-2-10-22(24)23-11-3-5-13-25(23)30)21-9-8-15-32(19-21)28(34)20-17-26(31)27(33)18-20/h2-5,10-13,20-21,26-27,33,35H,6-9,14-19,31H2,1H3. The number of carbonyl (C=O) groups is 1. The predicted molar refractivity (Wildman–Crippen MR) is 137 cm³/mol. The number of ether oxygens (including phenoxy) is 1. The van der Waals surface area contributed by atoms with Crippen molar-refractivity contribution in [1.29, 1.82) is 0 Å². The predicted octanol–water partition coefficient (Wildman–Crippen LogP) is 3.83. The Kier molecular flexibility index (Phi) is 8.78. The van der Waals surface area contributed by atoms with Crippen LogP contribution >= 0.6 is 0 Å². The molecule has 1 saturated heterocycles. The number of methoxy groups -OCH3 is 1. The van der Waals surface area contributed by atoms with Crippen LogP contribution in [0.5, 0.6) is 0 Å². The number of carbonyl (C=O) groups excluding carboxylic acids is 1. The molecule has 2 fully saturated rings. The van der Waals surface area contributed by atoms with E-state index in [4.69, 9.17) is 10.5 Å². The zero-order valence-electron chi connectivity index (χ0n) is 21.1. The van der Waals surface area contributed by atoms with Crippen molar-refractivity contribution in [3.8, 4) is 11.1 Å². The molecule has 5 unspecified atom stereocenters. The number of unbranched alkanes of at least 4 members (excludes halogenated alkanes) is 1. The fourth-order valence-electron chi connectivity index (χ4n) is 6.05. The second-order valence-corrected chi connectivity index (χ2v) is 10.4. The van der Waals surface area contributed by atoms with Crippen molar-refractivity contribution < 1.29 is 24.1 Å². The van der Waals surface area contributed by atoms with Crippen LogP contribution in [0.2, 0.25) is 0 Å². The maximum absolute atomic E-state index is 14.9. The maximum Gasteiger partial charge on any atom is 0.225 e. The van der Waals surface area contributed by atoms with Crippen LogP contribution in [-0.2, 0) is 15.1 Å². The Morgan fingerprint density at radius 1 is 1.14 bits per heavy atom. The topological polar surface area (TPSA) is 96.0 Å². The highest BCUT2D eigenvalue weighted by molar-refractivity contribution is 5.79. The molecule has 0 spiro atoms. The number of piperidine rings is 1. The van der Waals surface area contributed by atoms with Gasteiger partial charge in [-0.25, -0.2) is 4.39 Å². The number of benzene rings is 2. The molecule has 36 heavy (non-hydrogen) atoms. The summed E-state index contributed by atoms with van der Waals surface area (Å²) in [5, 5.41) is 22.5. The van der Waals surface area contributed by atoms with Gasteiger partial charge in [0, 0.05) is 50.2 Å². The molecular weight excluding hydrogens is 459 g/mol. The minimum atomic E-state index is -1.24. The molecule has 0 aromatic heterocycles. The fraction of sp³-hybridized carbons (Fsp3) is 0.552. The molecular formula is C29H39FN2O4. The van der Waals surface area contributed by atoms with E-state index in [9.17, 15) is 19.4 Å². The number of nitrogens with two attached hydrogens (primary N) is 1. The van der Waals surface area contributed by atoms with Gasteiger partial charge < -0.3 is 25.6 Å². The van der Waals surface area contributed by atoms with Crippen molar-refractivity contribution in [1.82, 2.24) is 4.90 Å². The Morgan fingerprint density at radius 3 is 2.56 bits per heavy atom. The van der Waals surface area contributed by atoms with Crippen LogP contribution in [0, 0.1) is 17.7 Å². The molecule has 2 aromatic carbocycles. The molecule has 7 heteroatoms. The van der Waals surface area contributed by atoms with Gasteiger partial charge in [-0.3, -0.25) is 4.79 Å². The molecule has 1 amide bonds. The summed E-state index contributed by atoms with van der Waals surface area (Å²) in [7, 11) is 1.66. The normalized spacial score (nSPS) is 26.1. The van der Waals surface area contributed by atoms with E-state index in [0.29, 0.717) is 55.6 Å². The van der Waals surface area contributed by atoms with E-state index < -0.39 is 11.7 Å². The van der Waals surface area contributed by atoms with E-state index in [0.717, 1.165) is 25.7 Å². The molecule has 196 valence electrons. The van der Waals surface area contributed by atoms with Gasteiger partial charge in [-0.1, -0.05) is 42.5 Å². The smallest absolute Gasteiger partial charge is 0.225 e. The van der Waals surface area contributed by atoms with Gasteiger partial charge >= 0.3 is 0 Å². The molecule has 0 radical (unpaired) electrons. The lowest BCUT2D eigenvalue weighted by Crippen LogP contribution is -2.49. The molecule has 1 heterocycles. The molecule has 6 nitrogen and oxygen atoms in total. The van der Waals surface area contributed by atoms with Crippen LogP contribution in [0.1, 0.15) is 50.5 Å². The zero-order chi connectivity index (χ0) is 25.7. The number of amides is 1.